The Morgan fingerprint density at radius 2 is 1.76 bits per heavy atom. The van der Waals surface area contributed by atoms with Crippen LogP contribution in [0, 0.1) is 0 Å². The fraction of sp³-hybridized carbons (Fsp3) is 0.500. The Balaban J connectivity index is 3.00. The monoisotopic (exact) mass is 256 g/mol. The number of sulfonamides is 1. The average Bonchev–Trinajstić information content (AvgIpc) is 2.29. The van der Waals surface area contributed by atoms with E-state index in [4.69, 9.17) is 0 Å². The van der Waals surface area contributed by atoms with Gasteiger partial charge in [0.05, 0.1) is 4.90 Å². The molecule has 0 radical (unpaired) electrons. The van der Waals surface area contributed by atoms with E-state index in [9.17, 15) is 8.42 Å². The van der Waals surface area contributed by atoms with Gasteiger partial charge in [-0.2, -0.15) is 4.31 Å². The van der Waals surface area contributed by atoms with Crippen LogP contribution >= 0.6 is 0 Å². The molecule has 0 aromatic heterocycles. The van der Waals surface area contributed by atoms with Crippen LogP contribution in [0.5, 0.6) is 0 Å². The van der Waals surface area contributed by atoms with Crippen molar-refractivity contribution in [2.24, 2.45) is 0 Å². The van der Waals surface area contributed by atoms with Crippen molar-refractivity contribution in [3.8, 4) is 0 Å². The normalized spacial score (nSPS) is 12.1. The summed E-state index contributed by atoms with van der Waals surface area (Å²) < 4.78 is 25.7. The highest BCUT2D eigenvalue weighted by Gasteiger charge is 2.22. The zero-order chi connectivity index (χ0) is 13.1. The van der Waals surface area contributed by atoms with Crippen LogP contribution in [0.1, 0.15) is 20.8 Å². The second-order valence-corrected chi connectivity index (χ2v) is 6.17. The molecule has 17 heavy (non-hydrogen) atoms. The van der Waals surface area contributed by atoms with Crippen LogP contribution in [0.15, 0.2) is 29.2 Å². The Morgan fingerprint density at radius 1 is 1.24 bits per heavy atom. The van der Waals surface area contributed by atoms with Gasteiger partial charge < -0.3 is 5.32 Å². The molecule has 0 atom stereocenters. The maximum Gasteiger partial charge on any atom is 0.243 e. The molecule has 4 nitrogen and oxygen atoms in total. The average molecular weight is 256 g/mol. The van der Waals surface area contributed by atoms with Gasteiger partial charge in [0.2, 0.25) is 10.0 Å². The topological polar surface area (TPSA) is 49.4 Å². The zero-order valence-electron chi connectivity index (χ0n) is 10.8. The predicted molar refractivity (Wildman–Crippen MR) is 70.7 cm³/mol. The van der Waals surface area contributed by atoms with Crippen LogP contribution < -0.4 is 5.32 Å². The van der Waals surface area contributed by atoms with Gasteiger partial charge in [0.25, 0.3) is 0 Å². The summed E-state index contributed by atoms with van der Waals surface area (Å²) in [5.74, 6) is 0. The Labute approximate surface area is 104 Å². The van der Waals surface area contributed by atoms with Crippen LogP contribution in [0.2, 0.25) is 0 Å². The molecule has 1 aromatic rings. The second-order valence-electron chi connectivity index (χ2n) is 4.17. The van der Waals surface area contributed by atoms with Gasteiger partial charge in [-0.15, -0.1) is 0 Å². The first-order valence-corrected chi connectivity index (χ1v) is 7.15. The van der Waals surface area contributed by atoms with E-state index in [1.54, 1.807) is 31.3 Å². The largest absolute Gasteiger partial charge is 0.385 e. The molecule has 1 rings (SSSR count). The standard InChI is InChI=1S/C12H20N2O2S/c1-5-13-11-6-8-12(9-7-11)17(15,16)14(4)10(2)3/h6-10,13H,5H2,1-4H3. The summed E-state index contributed by atoms with van der Waals surface area (Å²) in [6, 6.07) is 6.78. The highest BCUT2D eigenvalue weighted by atomic mass is 32.2. The van der Waals surface area contributed by atoms with E-state index in [0.29, 0.717) is 4.90 Å². The van der Waals surface area contributed by atoms with Crippen molar-refractivity contribution >= 4 is 15.7 Å². The van der Waals surface area contributed by atoms with Crippen molar-refractivity contribution in [1.29, 1.82) is 0 Å². The number of hydrogen-bond donors (Lipinski definition) is 1. The van der Waals surface area contributed by atoms with E-state index >= 15 is 0 Å². The molecule has 0 fully saturated rings. The van der Waals surface area contributed by atoms with E-state index in [0.717, 1.165) is 12.2 Å². The summed E-state index contributed by atoms with van der Waals surface area (Å²) in [6.45, 7) is 6.52. The molecule has 0 aliphatic heterocycles. The van der Waals surface area contributed by atoms with Crippen molar-refractivity contribution in [1.82, 2.24) is 4.31 Å². The van der Waals surface area contributed by atoms with E-state index in [-0.39, 0.29) is 6.04 Å². The van der Waals surface area contributed by atoms with Gasteiger partial charge in [-0.1, -0.05) is 0 Å². The summed E-state index contributed by atoms with van der Waals surface area (Å²) in [7, 11) is -1.77. The van der Waals surface area contributed by atoms with E-state index in [1.165, 1.54) is 4.31 Å². The molecular formula is C12H20N2O2S. The fourth-order valence-electron chi connectivity index (χ4n) is 1.39. The minimum atomic E-state index is -3.36. The summed E-state index contributed by atoms with van der Waals surface area (Å²) in [5.41, 5.74) is 0.929. The third kappa shape index (κ3) is 3.20. The van der Waals surface area contributed by atoms with Gasteiger partial charge in [-0.05, 0) is 45.0 Å². The molecule has 0 saturated heterocycles. The Morgan fingerprint density at radius 3 is 2.18 bits per heavy atom. The van der Waals surface area contributed by atoms with Gasteiger partial charge >= 0.3 is 0 Å². The summed E-state index contributed by atoms with van der Waals surface area (Å²) in [5, 5.41) is 3.13. The van der Waals surface area contributed by atoms with Crippen molar-refractivity contribution in [3.05, 3.63) is 24.3 Å². The van der Waals surface area contributed by atoms with E-state index in [2.05, 4.69) is 5.32 Å². The van der Waals surface area contributed by atoms with Crippen LogP contribution in [0.25, 0.3) is 0 Å². The first-order chi connectivity index (χ1) is 7.89. The minimum Gasteiger partial charge on any atom is -0.385 e. The van der Waals surface area contributed by atoms with Crippen LogP contribution in [-0.4, -0.2) is 32.4 Å². The number of anilines is 1. The number of nitrogens with zero attached hydrogens (tertiary/aromatic N) is 1. The number of rotatable bonds is 5. The number of nitrogens with one attached hydrogen (secondary N) is 1. The predicted octanol–water partition coefficient (Wildman–Crippen LogP) is 2.15. The molecular weight excluding hydrogens is 236 g/mol. The highest BCUT2D eigenvalue weighted by molar-refractivity contribution is 7.89. The third-order valence-electron chi connectivity index (χ3n) is 2.64. The molecule has 0 saturated carbocycles. The van der Waals surface area contributed by atoms with Gasteiger partial charge in [0.1, 0.15) is 0 Å². The zero-order valence-corrected chi connectivity index (χ0v) is 11.6. The first-order valence-electron chi connectivity index (χ1n) is 5.71. The Bertz CT molecular complexity index is 452. The Hall–Kier alpha value is -1.07. The lowest BCUT2D eigenvalue weighted by Gasteiger charge is -2.21. The molecule has 0 heterocycles. The maximum atomic E-state index is 12.1. The molecule has 0 bridgehead atoms. The van der Waals surface area contributed by atoms with Crippen molar-refractivity contribution < 1.29 is 8.42 Å². The van der Waals surface area contributed by atoms with E-state index < -0.39 is 10.0 Å². The molecule has 5 heteroatoms. The molecule has 0 aliphatic carbocycles. The van der Waals surface area contributed by atoms with Gasteiger partial charge in [0.15, 0.2) is 0 Å². The van der Waals surface area contributed by atoms with Gasteiger partial charge in [-0.25, -0.2) is 8.42 Å². The summed E-state index contributed by atoms with van der Waals surface area (Å²) >= 11 is 0. The van der Waals surface area contributed by atoms with Crippen molar-refractivity contribution in [2.75, 3.05) is 18.9 Å². The summed E-state index contributed by atoms with van der Waals surface area (Å²) in [6.07, 6.45) is 0. The van der Waals surface area contributed by atoms with Crippen molar-refractivity contribution in [2.45, 2.75) is 31.7 Å². The van der Waals surface area contributed by atoms with Crippen LogP contribution in [0.3, 0.4) is 0 Å². The molecule has 1 N–H and O–H groups in total. The minimum absolute atomic E-state index is 0.0477. The first kappa shape index (κ1) is 14.0. The lowest BCUT2D eigenvalue weighted by Crippen LogP contribution is -2.33. The number of hydrogen-bond acceptors (Lipinski definition) is 3. The summed E-state index contributed by atoms with van der Waals surface area (Å²) in [4.78, 5) is 0.329. The van der Waals surface area contributed by atoms with Gasteiger partial charge in [0, 0.05) is 25.3 Å². The lowest BCUT2D eigenvalue weighted by molar-refractivity contribution is 0.410. The Kier molecular flexibility index (Phi) is 4.54. The lowest BCUT2D eigenvalue weighted by atomic mass is 10.3. The molecule has 1 aromatic carbocycles. The SMILES string of the molecule is CCNc1ccc(S(=O)(=O)N(C)C(C)C)cc1. The highest BCUT2D eigenvalue weighted by Crippen LogP contribution is 2.18. The fourth-order valence-corrected chi connectivity index (χ4v) is 2.76. The molecule has 0 unspecified atom stereocenters. The maximum absolute atomic E-state index is 12.1. The molecule has 0 aliphatic rings. The smallest absolute Gasteiger partial charge is 0.243 e. The molecule has 96 valence electrons. The van der Waals surface area contributed by atoms with Crippen LogP contribution in [-0.2, 0) is 10.0 Å². The second kappa shape index (κ2) is 5.51. The third-order valence-corrected chi connectivity index (χ3v) is 4.69. The van der Waals surface area contributed by atoms with E-state index in [1.807, 2.05) is 20.8 Å². The molecule has 0 spiro atoms. The van der Waals surface area contributed by atoms with Crippen molar-refractivity contribution in [3.63, 3.8) is 0 Å². The number of benzene rings is 1. The quantitative estimate of drug-likeness (QED) is 0.878. The van der Waals surface area contributed by atoms with Crippen LogP contribution in [0.4, 0.5) is 5.69 Å². The molecule has 0 amide bonds. The van der Waals surface area contributed by atoms with Gasteiger partial charge in [-0.3, -0.25) is 0 Å².